The molecule has 6 heteroatoms. The number of hydrogen-bond donors (Lipinski definition) is 1. The van der Waals surface area contributed by atoms with E-state index in [1.807, 2.05) is 49.0 Å². The molecule has 0 aliphatic carbocycles. The summed E-state index contributed by atoms with van der Waals surface area (Å²) >= 11 is 0. The maximum Gasteiger partial charge on any atom is 0.255 e. The molecule has 0 bridgehead atoms. The molecular formula is C23H31N3O3. The van der Waals surface area contributed by atoms with Gasteiger partial charge in [-0.1, -0.05) is 30.3 Å². The van der Waals surface area contributed by atoms with E-state index in [4.69, 9.17) is 4.42 Å². The van der Waals surface area contributed by atoms with Gasteiger partial charge in [-0.3, -0.25) is 14.5 Å². The standard InChI is InChI=1S/C23H31N3O3/c1-16-14-20(17(2)29-16)22(27)24-19-10-12-26(13-11-19)23(28)21(25(3)4)15-18-8-6-5-7-9-18/h5-9,14,19,21H,10-13,15H2,1-4H3,(H,24,27). The van der Waals surface area contributed by atoms with Gasteiger partial charge in [-0.15, -0.1) is 0 Å². The Morgan fingerprint density at radius 3 is 2.38 bits per heavy atom. The van der Waals surface area contributed by atoms with Crippen LogP contribution in [0.3, 0.4) is 0 Å². The number of rotatable bonds is 6. The molecule has 156 valence electrons. The quantitative estimate of drug-likeness (QED) is 0.814. The molecule has 2 heterocycles. The number of likely N-dealkylation sites (N-methyl/N-ethyl adjacent to an activating group) is 1. The van der Waals surface area contributed by atoms with Crippen LogP contribution in [0, 0.1) is 13.8 Å². The normalized spacial score (nSPS) is 16.1. The van der Waals surface area contributed by atoms with Crippen LogP contribution in [0.2, 0.25) is 0 Å². The van der Waals surface area contributed by atoms with Gasteiger partial charge in [-0.2, -0.15) is 0 Å². The summed E-state index contributed by atoms with van der Waals surface area (Å²) in [6.07, 6.45) is 2.22. The molecule has 29 heavy (non-hydrogen) atoms. The Balaban J connectivity index is 1.55. The van der Waals surface area contributed by atoms with E-state index in [0.717, 1.165) is 24.2 Å². The van der Waals surface area contributed by atoms with E-state index >= 15 is 0 Å². The monoisotopic (exact) mass is 397 g/mol. The van der Waals surface area contributed by atoms with Crippen LogP contribution in [0.15, 0.2) is 40.8 Å². The van der Waals surface area contributed by atoms with Crippen LogP contribution in [0.5, 0.6) is 0 Å². The van der Waals surface area contributed by atoms with E-state index in [1.165, 1.54) is 0 Å². The van der Waals surface area contributed by atoms with Crippen molar-refractivity contribution in [3.8, 4) is 0 Å². The lowest BCUT2D eigenvalue weighted by molar-refractivity contribution is -0.137. The molecule has 1 aliphatic rings. The molecule has 1 aromatic carbocycles. The summed E-state index contributed by atoms with van der Waals surface area (Å²) in [5.74, 6) is 1.44. The maximum absolute atomic E-state index is 13.1. The second-order valence-corrected chi connectivity index (χ2v) is 8.07. The number of carbonyl (C=O) groups excluding carboxylic acids is 2. The summed E-state index contributed by atoms with van der Waals surface area (Å²) in [4.78, 5) is 29.6. The van der Waals surface area contributed by atoms with Crippen molar-refractivity contribution in [3.63, 3.8) is 0 Å². The third-order valence-corrected chi connectivity index (χ3v) is 5.61. The van der Waals surface area contributed by atoms with E-state index in [-0.39, 0.29) is 23.9 Å². The number of carbonyl (C=O) groups is 2. The molecule has 0 spiro atoms. The largest absolute Gasteiger partial charge is 0.466 e. The Morgan fingerprint density at radius 1 is 1.17 bits per heavy atom. The van der Waals surface area contributed by atoms with Crippen molar-refractivity contribution >= 4 is 11.8 Å². The molecule has 1 atom stereocenters. The van der Waals surface area contributed by atoms with Crippen molar-refractivity contribution in [2.24, 2.45) is 0 Å². The molecule has 6 nitrogen and oxygen atoms in total. The second kappa shape index (κ2) is 9.27. The van der Waals surface area contributed by atoms with Gasteiger partial charge in [0.2, 0.25) is 5.91 Å². The summed E-state index contributed by atoms with van der Waals surface area (Å²) in [6.45, 7) is 4.96. The van der Waals surface area contributed by atoms with Gasteiger partial charge in [-0.05, 0) is 58.8 Å². The molecular weight excluding hydrogens is 366 g/mol. The fourth-order valence-electron chi connectivity index (χ4n) is 3.90. The molecule has 1 fully saturated rings. The number of likely N-dealkylation sites (tertiary alicyclic amines) is 1. The Labute approximate surface area is 172 Å². The Morgan fingerprint density at radius 2 is 1.83 bits per heavy atom. The minimum atomic E-state index is -0.180. The van der Waals surface area contributed by atoms with Gasteiger partial charge in [0.25, 0.3) is 5.91 Å². The Bertz CT molecular complexity index is 836. The zero-order valence-electron chi connectivity index (χ0n) is 17.8. The maximum atomic E-state index is 13.1. The highest BCUT2D eigenvalue weighted by Gasteiger charge is 2.30. The fourth-order valence-corrected chi connectivity index (χ4v) is 3.90. The summed E-state index contributed by atoms with van der Waals surface area (Å²) < 4.78 is 5.45. The summed E-state index contributed by atoms with van der Waals surface area (Å²) in [5.41, 5.74) is 1.75. The molecule has 1 unspecified atom stereocenters. The van der Waals surface area contributed by atoms with Crippen LogP contribution in [-0.2, 0) is 11.2 Å². The highest BCUT2D eigenvalue weighted by Crippen LogP contribution is 2.18. The van der Waals surface area contributed by atoms with Gasteiger partial charge < -0.3 is 14.6 Å². The van der Waals surface area contributed by atoms with Crippen LogP contribution in [0.25, 0.3) is 0 Å². The molecule has 1 N–H and O–H groups in total. The van der Waals surface area contributed by atoms with Crippen molar-refractivity contribution in [2.75, 3.05) is 27.2 Å². The van der Waals surface area contributed by atoms with E-state index in [0.29, 0.717) is 30.8 Å². The van der Waals surface area contributed by atoms with E-state index in [9.17, 15) is 9.59 Å². The molecule has 1 saturated heterocycles. The highest BCUT2D eigenvalue weighted by molar-refractivity contribution is 5.95. The number of nitrogens with zero attached hydrogens (tertiary/aromatic N) is 2. The number of piperidine rings is 1. The van der Waals surface area contributed by atoms with E-state index in [2.05, 4.69) is 17.4 Å². The first-order chi connectivity index (χ1) is 13.8. The first-order valence-electron chi connectivity index (χ1n) is 10.2. The van der Waals surface area contributed by atoms with Gasteiger partial charge in [0, 0.05) is 19.1 Å². The van der Waals surface area contributed by atoms with Crippen LogP contribution in [0.1, 0.15) is 40.3 Å². The fraction of sp³-hybridized carbons (Fsp3) is 0.478. The van der Waals surface area contributed by atoms with Crippen LogP contribution in [-0.4, -0.2) is 60.9 Å². The van der Waals surface area contributed by atoms with Crippen LogP contribution < -0.4 is 5.32 Å². The van der Waals surface area contributed by atoms with E-state index in [1.54, 1.807) is 13.0 Å². The lowest BCUT2D eigenvalue weighted by atomic mass is 10.0. The minimum Gasteiger partial charge on any atom is -0.466 e. The van der Waals surface area contributed by atoms with Crippen LogP contribution in [0.4, 0.5) is 0 Å². The zero-order chi connectivity index (χ0) is 21.0. The number of amides is 2. The highest BCUT2D eigenvalue weighted by atomic mass is 16.3. The molecule has 0 saturated carbocycles. The van der Waals surface area contributed by atoms with Crippen molar-refractivity contribution in [2.45, 2.75) is 45.2 Å². The Hall–Kier alpha value is -2.60. The van der Waals surface area contributed by atoms with E-state index < -0.39 is 0 Å². The summed E-state index contributed by atoms with van der Waals surface area (Å²) in [7, 11) is 3.90. The van der Waals surface area contributed by atoms with Crippen molar-refractivity contribution in [1.29, 1.82) is 0 Å². The Kier molecular flexibility index (Phi) is 6.75. The number of furan rings is 1. The molecule has 1 aromatic heterocycles. The van der Waals surface area contributed by atoms with Gasteiger partial charge in [0.1, 0.15) is 11.5 Å². The predicted octanol–water partition coefficient (Wildman–Crippen LogP) is 2.79. The average molecular weight is 398 g/mol. The minimum absolute atomic E-state index is 0.0769. The molecule has 2 amide bonds. The number of benzene rings is 1. The number of nitrogens with one attached hydrogen (secondary N) is 1. The molecule has 1 aliphatic heterocycles. The number of aryl methyl sites for hydroxylation is 2. The molecule has 3 rings (SSSR count). The lowest BCUT2D eigenvalue weighted by Crippen LogP contribution is -2.52. The third kappa shape index (κ3) is 5.26. The van der Waals surface area contributed by atoms with Crippen molar-refractivity contribution < 1.29 is 14.0 Å². The molecule has 2 aromatic rings. The molecule has 0 radical (unpaired) electrons. The zero-order valence-corrected chi connectivity index (χ0v) is 17.8. The van der Waals surface area contributed by atoms with Gasteiger partial charge in [-0.25, -0.2) is 0 Å². The summed E-state index contributed by atoms with van der Waals surface area (Å²) in [5, 5.41) is 3.09. The summed E-state index contributed by atoms with van der Waals surface area (Å²) in [6, 6.07) is 11.8. The van der Waals surface area contributed by atoms with Crippen molar-refractivity contribution in [3.05, 3.63) is 59.0 Å². The predicted molar refractivity (Wildman–Crippen MR) is 113 cm³/mol. The first kappa shape index (κ1) is 21.1. The first-order valence-corrected chi connectivity index (χ1v) is 10.2. The van der Waals surface area contributed by atoms with Gasteiger partial charge >= 0.3 is 0 Å². The number of hydrogen-bond acceptors (Lipinski definition) is 4. The lowest BCUT2D eigenvalue weighted by Gasteiger charge is -2.36. The average Bonchev–Trinajstić information content (AvgIpc) is 3.05. The van der Waals surface area contributed by atoms with Gasteiger partial charge in [0.15, 0.2) is 0 Å². The second-order valence-electron chi connectivity index (χ2n) is 8.07. The smallest absolute Gasteiger partial charge is 0.255 e. The van der Waals surface area contributed by atoms with Gasteiger partial charge in [0.05, 0.1) is 11.6 Å². The SMILES string of the molecule is Cc1cc(C(=O)NC2CCN(C(=O)C(Cc3ccccc3)N(C)C)CC2)c(C)o1. The van der Waals surface area contributed by atoms with Crippen molar-refractivity contribution in [1.82, 2.24) is 15.1 Å². The third-order valence-electron chi connectivity index (χ3n) is 5.61. The topological polar surface area (TPSA) is 65.8 Å². The van der Waals surface area contributed by atoms with Crippen LogP contribution >= 0.6 is 0 Å².